The summed E-state index contributed by atoms with van der Waals surface area (Å²) in [6.45, 7) is 9.26. The largest absolute Gasteiger partial charge is 0.339 e. The van der Waals surface area contributed by atoms with E-state index in [0.717, 1.165) is 42.8 Å². The molecule has 0 radical (unpaired) electrons. The summed E-state index contributed by atoms with van der Waals surface area (Å²) in [5.74, 6) is 0.792. The van der Waals surface area contributed by atoms with Crippen LogP contribution in [-0.4, -0.2) is 52.4 Å². The molecule has 2 N–H and O–H groups in total. The highest BCUT2D eigenvalue weighted by molar-refractivity contribution is 6.06. The van der Waals surface area contributed by atoms with Gasteiger partial charge in [0.25, 0.3) is 11.8 Å². The van der Waals surface area contributed by atoms with E-state index in [-0.39, 0.29) is 11.8 Å². The smallest absolute Gasteiger partial charge is 0.255 e. The predicted molar refractivity (Wildman–Crippen MR) is 127 cm³/mol. The number of carbonyl (C=O) groups excluding carboxylic acids is 2. The van der Waals surface area contributed by atoms with Crippen molar-refractivity contribution in [3.63, 3.8) is 0 Å². The second kappa shape index (κ2) is 9.53. The molecular formula is C25H31N5O2. The van der Waals surface area contributed by atoms with Gasteiger partial charge in [0, 0.05) is 42.5 Å². The summed E-state index contributed by atoms with van der Waals surface area (Å²) in [5, 5.41) is 6.40. The third kappa shape index (κ3) is 4.39. The van der Waals surface area contributed by atoms with Crippen molar-refractivity contribution in [1.82, 2.24) is 19.8 Å². The minimum absolute atomic E-state index is 0.000776. The Morgan fingerprint density at radius 2 is 1.84 bits per heavy atom. The Morgan fingerprint density at radius 3 is 2.50 bits per heavy atom. The maximum absolute atomic E-state index is 12.9. The molecule has 0 spiro atoms. The van der Waals surface area contributed by atoms with Gasteiger partial charge in [0.15, 0.2) is 0 Å². The zero-order valence-corrected chi connectivity index (χ0v) is 19.0. The van der Waals surface area contributed by atoms with E-state index in [0.29, 0.717) is 35.9 Å². The van der Waals surface area contributed by atoms with E-state index in [1.165, 1.54) is 0 Å². The molecule has 1 unspecified atom stereocenters. The monoisotopic (exact) mass is 433 g/mol. The van der Waals surface area contributed by atoms with Crippen LogP contribution in [0, 0.1) is 6.92 Å². The lowest BCUT2D eigenvalue weighted by Crippen LogP contribution is -2.32. The highest BCUT2D eigenvalue weighted by Crippen LogP contribution is 2.26. The van der Waals surface area contributed by atoms with Gasteiger partial charge in [0.2, 0.25) is 0 Å². The van der Waals surface area contributed by atoms with E-state index >= 15 is 0 Å². The highest BCUT2D eigenvalue weighted by atomic mass is 16.2. The molecule has 1 saturated heterocycles. The molecular weight excluding hydrogens is 402 g/mol. The molecule has 1 atom stereocenters. The number of hydrogen-bond donors (Lipinski definition) is 2. The minimum atomic E-state index is -0.179. The van der Waals surface area contributed by atoms with Crippen molar-refractivity contribution in [2.45, 2.75) is 39.7 Å². The Labute approximate surface area is 188 Å². The third-order valence-electron chi connectivity index (χ3n) is 6.20. The molecule has 7 nitrogen and oxygen atoms in total. The van der Waals surface area contributed by atoms with Crippen LogP contribution < -0.4 is 10.6 Å². The number of anilines is 1. The lowest BCUT2D eigenvalue weighted by atomic mass is 10.1. The Bertz CT molecular complexity index is 1110. The number of piperidine rings is 1. The van der Waals surface area contributed by atoms with E-state index < -0.39 is 0 Å². The number of rotatable bonds is 6. The first-order chi connectivity index (χ1) is 15.5. The van der Waals surface area contributed by atoms with Gasteiger partial charge >= 0.3 is 0 Å². The van der Waals surface area contributed by atoms with E-state index in [9.17, 15) is 9.59 Å². The summed E-state index contributed by atoms with van der Waals surface area (Å²) in [7, 11) is 0. The van der Waals surface area contributed by atoms with E-state index in [2.05, 4.69) is 15.2 Å². The minimum Gasteiger partial charge on any atom is -0.339 e. The maximum Gasteiger partial charge on any atom is 0.255 e. The Kier molecular flexibility index (Phi) is 6.55. The van der Waals surface area contributed by atoms with Crippen LogP contribution in [-0.2, 0) is 0 Å². The first-order valence-corrected chi connectivity index (χ1v) is 11.4. The number of nitrogens with one attached hydrogen (secondary N) is 2. The van der Waals surface area contributed by atoms with Crippen molar-refractivity contribution in [1.29, 1.82) is 0 Å². The van der Waals surface area contributed by atoms with Crippen LogP contribution in [0.15, 0.2) is 42.5 Å². The van der Waals surface area contributed by atoms with Crippen LogP contribution in [0.1, 0.15) is 59.3 Å². The summed E-state index contributed by atoms with van der Waals surface area (Å²) in [4.78, 5) is 31.9. The topological polar surface area (TPSA) is 79.3 Å². The van der Waals surface area contributed by atoms with Gasteiger partial charge in [-0.15, -0.1) is 0 Å². The molecule has 1 aliphatic heterocycles. The van der Waals surface area contributed by atoms with Gasteiger partial charge in [-0.25, -0.2) is 4.98 Å². The fourth-order valence-corrected chi connectivity index (χ4v) is 4.46. The Hall–Kier alpha value is -3.19. The van der Waals surface area contributed by atoms with Crippen LogP contribution in [0.4, 0.5) is 5.69 Å². The number of imidazole rings is 1. The molecule has 168 valence electrons. The molecule has 0 saturated carbocycles. The van der Waals surface area contributed by atoms with Crippen LogP contribution in [0.3, 0.4) is 0 Å². The molecule has 32 heavy (non-hydrogen) atoms. The van der Waals surface area contributed by atoms with Gasteiger partial charge < -0.3 is 20.1 Å². The van der Waals surface area contributed by atoms with E-state index in [1.54, 1.807) is 29.2 Å². The third-order valence-corrected chi connectivity index (χ3v) is 6.20. The number of amides is 2. The van der Waals surface area contributed by atoms with Gasteiger partial charge in [-0.3, -0.25) is 9.59 Å². The van der Waals surface area contributed by atoms with Gasteiger partial charge in [-0.1, -0.05) is 0 Å². The van der Waals surface area contributed by atoms with Crippen LogP contribution >= 0.6 is 0 Å². The molecule has 2 aromatic carbocycles. The lowest BCUT2D eigenvalue weighted by Gasteiger charge is -2.26. The summed E-state index contributed by atoms with van der Waals surface area (Å²) < 4.78 is 2.26. The molecule has 3 aromatic rings. The van der Waals surface area contributed by atoms with Crippen molar-refractivity contribution < 1.29 is 9.59 Å². The molecule has 0 bridgehead atoms. The number of nitrogens with zero attached hydrogens (tertiary/aromatic N) is 3. The average Bonchev–Trinajstić information content (AvgIpc) is 3.15. The number of benzene rings is 2. The molecule has 4 rings (SSSR count). The van der Waals surface area contributed by atoms with Crippen molar-refractivity contribution in [3.8, 4) is 0 Å². The molecule has 1 aliphatic rings. The normalized spacial score (nSPS) is 16.2. The average molecular weight is 434 g/mol. The number of carbonyl (C=O) groups is 2. The Morgan fingerprint density at radius 1 is 1.12 bits per heavy atom. The number of aryl methyl sites for hydroxylation is 1. The van der Waals surface area contributed by atoms with Crippen molar-refractivity contribution in [3.05, 3.63) is 59.4 Å². The molecule has 2 amide bonds. The lowest BCUT2D eigenvalue weighted by molar-refractivity contribution is 0.0773. The Balaban J connectivity index is 1.53. The zero-order chi connectivity index (χ0) is 22.7. The standard InChI is InChI=1S/C25H31N5O2/c1-4-29(5-2)25(32)18-8-11-20(12-9-18)28-24(31)19-10-13-22-23(15-19)30(17(3)27-22)21-7-6-14-26-16-21/h8-13,15,21,26H,4-7,14,16H2,1-3H3,(H,28,31). The van der Waals surface area contributed by atoms with Crippen LogP contribution in [0.25, 0.3) is 11.0 Å². The molecule has 2 heterocycles. The van der Waals surface area contributed by atoms with Crippen molar-refractivity contribution in [2.75, 3.05) is 31.5 Å². The van der Waals surface area contributed by atoms with Gasteiger partial charge in [0.1, 0.15) is 5.82 Å². The summed E-state index contributed by atoms with van der Waals surface area (Å²) in [6.07, 6.45) is 2.24. The summed E-state index contributed by atoms with van der Waals surface area (Å²) in [5.41, 5.74) is 3.76. The number of aromatic nitrogens is 2. The van der Waals surface area contributed by atoms with Gasteiger partial charge in [-0.05, 0) is 82.6 Å². The second-order valence-electron chi connectivity index (χ2n) is 8.24. The molecule has 0 aliphatic carbocycles. The SMILES string of the molecule is CCN(CC)C(=O)c1ccc(NC(=O)c2ccc3nc(C)n(C4CCCNC4)c3c2)cc1. The second-order valence-corrected chi connectivity index (χ2v) is 8.24. The van der Waals surface area contributed by atoms with Crippen LogP contribution in [0.5, 0.6) is 0 Å². The van der Waals surface area contributed by atoms with Crippen LogP contribution in [0.2, 0.25) is 0 Å². The zero-order valence-electron chi connectivity index (χ0n) is 19.0. The fraction of sp³-hybridized carbons (Fsp3) is 0.400. The first kappa shape index (κ1) is 22.0. The molecule has 1 fully saturated rings. The molecule has 7 heteroatoms. The molecule has 1 aromatic heterocycles. The van der Waals surface area contributed by atoms with Crippen molar-refractivity contribution >= 4 is 28.5 Å². The van der Waals surface area contributed by atoms with Gasteiger partial charge in [-0.2, -0.15) is 0 Å². The van der Waals surface area contributed by atoms with Gasteiger partial charge in [0.05, 0.1) is 11.0 Å². The van der Waals surface area contributed by atoms with Crippen molar-refractivity contribution in [2.24, 2.45) is 0 Å². The fourth-order valence-electron chi connectivity index (χ4n) is 4.46. The first-order valence-electron chi connectivity index (χ1n) is 11.4. The van der Waals surface area contributed by atoms with E-state index in [1.807, 2.05) is 39.0 Å². The summed E-state index contributed by atoms with van der Waals surface area (Å²) in [6, 6.07) is 13.1. The summed E-state index contributed by atoms with van der Waals surface area (Å²) >= 11 is 0. The predicted octanol–water partition coefficient (Wildman–Crippen LogP) is 4.00. The quantitative estimate of drug-likeness (QED) is 0.616. The number of fused-ring (bicyclic) bond motifs is 1. The maximum atomic E-state index is 12.9. The highest BCUT2D eigenvalue weighted by Gasteiger charge is 2.20. The van der Waals surface area contributed by atoms with E-state index in [4.69, 9.17) is 4.98 Å². The number of hydrogen-bond acceptors (Lipinski definition) is 4.